The summed E-state index contributed by atoms with van der Waals surface area (Å²) in [6, 6.07) is 15.2. The molecule has 0 amide bonds. The van der Waals surface area contributed by atoms with E-state index >= 15 is 0 Å². The SMILES string of the molecule is O=C(O)c1ccccc1CCNCc1ccccc1Br. The Balaban J connectivity index is 1.88. The van der Waals surface area contributed by atoms with E-state index in [-0.39, 0.29) is 0 Å². The fraction of sp³-hybridized carbons (Fsp3) is 0.188. The Labute approximate surface area is 126 Å². The number of nitrogens with one attached hydrogen (secondary N) is 1. The second kappa shape index (κ2) is 7.22. The van der Waals surface area contributed by atoms with E-state index in [1.54, 1.807) is 12.1 Å². The van der Waals surface area contributed by atoms with Crippen molar-refractivity contribution in [1.29, 1.82) is 0 Å². The molecule has 0 aliphatic carbocycles. The van der Waals surface area contributed by atoms with Crippen molar-refractivity contribution in [2.45, 2.75) is 13.0 Å². The summed E-state index contributed by atoms with van der Waals surface area (Å²) >= 11 is 3.51. The molecule has 0 atom stereocenters. The van der Waals surface area contributed by atoms with Gasteiger partial charge in [0, 0.05) is 11.0 Å². The number of carboxylic acid groups (broad SMARTS) is 1. The van der Waals surface area contributed by atoms with Gasteiger partial charge in [0.15, 0.2) is 0 Å². The van der Waals surface area contributed by atoms with Crippen molar-refractivity contribution in [3.05, 3.63) is 69.7 Å². The molecule has 0 fully saturated rings. The molecule has 0 aliphatic rings. The smallest absolute Gasteiger partial charge is 0.335 e. The molecular formula is C16H16BrNO2. The van der Waals surface area contributed by atoms with Crippen LogP contribution in [0.25, 0.3) is 0 Å². The number of aromatic carboxylic acids is 1. The molecule has 0 spiro atoms. The molecule has 0 unspecified atom stereocenters. The molecule has 0 bridgehead atoms. The summed E-state index contributed by atoms with van der Waals surface area (Å²) < 4.78 is 1.08. The number of hydrogen-bond acceptors (Lipinski definition) is 2. The summed E-state index contributed by atoms with van der Waals surface area (Å²) in [5.41, 5.74) is 2.44. The fourth-order valence-corrected chi connectivity index (χ4v) is 2.46. The second-order valence-electron chi connectivity index (χ2n) is 4.48. The lowest BCUT2D eigenvalue weighted by Crippen LogP contribution is -2.18. The topological polar surface area (TPSA) is 49.3 Å². The van der Waals surface area contributed by atoms with Crippen LogP contribution in [-0.2, 0) is 13.0 Å². The lowest BCUT2D eigenvalue weighted by molar-refractivity contribution is 0.0695. The van der Waals surface area contributed by atoms with Crippen LogP contribution in [0.4, 0.5) is 0 Å². The molecule has 0 aromatic heterocycles. The van der Waals surface area contributed by atoms with Crippen LogP contribution in [0.1, 0.15) is 21.5 Å². The van der Waals surface area contributed by atoms with E-state index in [4.69, 9.17) is 5.11 Å². The number of carboxylic acids is 1. The van der Waals surface area contributed by atoms with Gasteiger partial charge in [-0.2, -0.15) is 0 Å². The van der Waals surface area contributed by atoms with Gasteiger partial charge in [-0.25, -0.2) is 4.79 Å². The molecule has 0 saturated carbocycles. The molecule has 2 aromatic rings. The average Bonchev–Trinajstić information content (AvgIpc) is 2.45. The third-order valence-corrected chi connectivity index (χ3v) is 3.87. The number of hydrogen-bond donors (Lipinski definition) is 2. The maximum Gasteiger partial charge on any atom is 0.335 e. The molecule has 20 heavy (non-hydrogen) atoms. The van der Waals surface area contributed by atoms with Crippen molar-refractivity contribution >= 4 is 21.9 Å². The summed E-state index contributed by atoms with van der Waals surface area (Å²) in [6.07, 6.45) is 0.701. The largest absolute Gasteiger partial charge is 0.478 e. The standard InChI is InChI=1S/C16H16BrNO2/c17-15-8-4-2-6-13(15)11-18-10-9-12-5-1-3-7-14(12)16(19)20/h1-8,18H,9-11H2,(H,19,20). The van der Waals surface area contributed by atoms with E-state index in [9.17, 15) is 4.79 Å². The Morgan fingerprint density at radius 2 is 1.70 bits per heavy atom. The van der Waals surface area contributed by atoms with Crippen molar-refractivity contribution in [2.24, 2.45) is 0 Å². The first-order valence-corrected chi connectivity index (χ1v) is 7.23. The van der Waals surface area contributed by atoms with Crippen molar-refractivity contribution in [3.8, 4) is 0 Å². The maximum absolute atomic E-state index is 11.1. The van der Waals surface area contributed by atoms with Crippen molar-refractivity contribution in [2.75, 3.05) is 6.54 Å². The first-order chi connectivity index (χ1) is 9.68. The van der Waals surface area contributed by atoms with E-state index in [0.717, 1.165) is 23.1 Å². The maximum atomic E-state index is 11.1. The highest BCUT2D eigenvalue weighted by molar-refractivity contribution is 9.10. The lowest BCUT2D eigenvalue weighted by atomic mass is 10.0. The van der Waals surface area contributed by atoms with Crippen LogP contribution in [0.15, 0.2) is 53.0 Å². The van der Waals surface area contributed by atoms with Crippen molar-refractivity contribution < 1.29 is 9.90 Å². The first-order valence-electron chi connectivity index (χ1n) is 6.44. The Kier molecular flexibility index (Phi) is 5.32. The van der Waals surface area contributed by atoms with Crippen LogP contribution < -0.4 is 5.32 Å². The molecule has 0 aliphatic heterocycles. The monoisotopic (exact) mass is 333 g/mol. The molecule has 104 valence electrons. The average molecular weight is 334 g/mol. The van der Waals surface area contributed by atoms with Crippen LogP contribution >= 0.6 is 15.9 Å². The molecule has 2 N–H and O–H groups in total. The number of carbonyl (C=O) groups is 1. The van der Waals surface area contributed by atoms with Gasteiger partial charge >= 0.3 is 5.97 Å². The van der Waals surface area contributed by atoms with Gasteiger partial charge in [-0.15, -0.1) is 0 Å². The minimum absolute atomic E-state index is 0.384. The van der Waals surface area contributed by atoms with Crippen LogP contribution in [0.5, 0.6) is 0 Å². The fourth-order valence-electron chi connectivity index (χ4n) is 2.03. The predicted octanol–water partition coefficient (Wildman–Crippen LogP) is 3.48. The summed E-state index contributed by atoms with van der Waals surface area (Å²) in [4.78, 5) is 11.1. The summed E-state index contributed by atoms with van der Waals surface area (Å²) in [5, 5.41) is 12.4. The van der Waals surface area contributed by atoms with Crippen LogP contribution in [0, 0.1) is 0 Å². The van der Waals surface area contributed by atoms with Crippen LogP contribution in [0.3, 0.4) is 0 Å². The number of halogens is 1. The molecule has 4 heteroatoms. The van der Waals surface area contributed by atoms with E-state index in [2.05, 4.69) is 27.3 Å². The van der Waals surface area contributed by atoms with Crippen molar-refractivity contribution in [1.82, 2.24) is 5.32 Å². The Morgan fingerprint density at radius 3 is 2.40 bits per heavy atom. The van der Waals surface area contributed by atoms with Gasteiger partial charge < -0.3 is 10.4 Å². The van der Waals surface area contributed by atoms with Gasteiger partial charge in [0.2, 0.25) is 0 Å². The summed E-state index contributed by atoms with van der Waals surface area (Å²) in [5.74, 6) is -0.869. The van der Waals surface area contributed by atoms with E-state index in [1.165, 1.54) is 5.56 Å². The highest BCUT2D eigenvalue weighted by Crippen LogP contribution is 2.15. The normalized spacial score (nSPS) is 10.4. The van der Waals surface area contributed by atoms with Crippen LogP contribution in [0.2, 0.25) is 0 Å². The molecular weight excluding hydrogens is 318 g/mol. The Morgan fingerprint density at radius 1 is 1.05 bits per heavy atom. The zero-order valence-corrected chi connectivity index (χ0v) is 12.6. The minimum Gasteiger partial charge on any atom is -0.478 e. The van der Waals surface area contributed by atoms with Crippen LogP contribution in [-0.4, -0.2) is 17.6 Å². The lowest BCUT2D eigenvalue weighted by Gasteiger charge is -2.08. The summed E-state index contributed by atoms with van der Waals surface area (Å²) in [6.45, 7) is 1.50. The second-order valence-corrected chi connectivity index (χ2v) is 5.33. The highest BCUT2D eigenvalue weighted by Gasteiger charge is 2.08. The van der Waals surface area contributed by atoms with Gasteiger partial charge in [0.05, 0.1) is 5.56 Å². The third kappa shape index (κ3) is 3.92. The Hall–Kier alpha value is -1.65. The molecule has 2 rings (SSSR count). The van der Waals surface area contributed by atoms with Gasteiger partial charge in [-0.1, -0.05) is 52.3 Å². The molecule has 2 aromatic carbocycles. The van der Waals surface area contributed by atoms with Gasteiger partial charge in [-0.05, 0) is 36.2 Å². The van der Waals surface area contributed by atoms with Gasteiger partial charge in [0.1, 0.15) is 0 Å². The third-order valence-electron chi connectivity index (χ3n) is 3.09. The van der Waals surface area contributed by atoms with Gasteiger partial charge in [-0.3, -0.25) is 0 Å². The quantitative estimate of drug-likeness (QED) is 0.795. The van der Waals surface area contributed by atoms with E-state index < -0.39 is 5.97 Å². The first kappa shape index (κ1) is 14.8. The molecule has 0 heterocycles. The number of benzene rings is 2. The molecule has 3 nitrogen and oxygen atoms in total. The van der Waals surface area contributed by atoms with Gasteiger partial charge in [0.25, 0.3) is 0 Å². The Bertz CT molecular complexity index is 599. The predicted molar refractivity (Wildman–Crippen MR) is 83.0 cm³/mol. The summed E-state index contributed by atoms with van der Waals surface area (Å²) in [7, 11) is 0. The van der Waals surface area contributed by atoms with E-state index in [0.29, 0.717) is 12.0 Å². The zero-order valence-electron chi connectivity index (χ0n) is 11.0. The highest BCUT2D eigenvalue weighted by atomic mass is 79.9. The van der Waals surface area contributed by atoms with Crippen molar-refractivity contribution in [3.63, 3.8) is 0 Å². The minimum atomic E-state index is -0.869. The molecule has 0 saturated heterocycles. The number of rotatable bonds is 6. The zero-order chi connectivity index (χ0) is 14.4. The molecule has 0 radical (unpaired) electrons. The van der Waals surface area contributed by atoms with E-state index in [1.807, 2.05) is 30.3 Å².